The fraction of sp³-hybridized carbons (Fsp3) is 0.429. The fourth-order valence-electron chi connectivity index (χ4n) is 2.26. The van der Waals surface area contributed by atoms with Gasteiger partial charge in [-0.3, -0.25) is 0 Å². The Hall–Kier alpha value is -2.15. The lowest BCUT2D eigenvalue weighted by Crippen LogP contribution is -2.35. The smallest absolute Gasteiger partial charge is 0.337 e. The number of rotatable bonds is 4. The lowest BCUT2D eigenvalue weighted by Gasteiger charge is -2.16. The van der Waals surface area contributed by atoms with Crippen LogP contribution in [0.2, 0.25) is 0 Å². The van der Waals surface area contributed by atoms with Crippen LogP contribution in [0.1, 0.15) is 23.7 Å². The Morgan fingerprint density at radius 3 is 2.86 bits per heavy atom. The summed E-state index contributed by atoms with van der Waals surface area (Å²) in [7, 11) is 0. The molecule has 2 atom stereocenters. The van der Waals surface area contributed by atoms with Crippen LogP contribution in [-0.4, -0.2) is 36.4 Å². The third kappa shape index (κ3) is 3.69. The number of para-hydroxylation sites is 1. The van der Waals surface area contributed by atoms with E-state index in [1.807, 2.05) is 6.92 Å². The Labute approximate surface area is 121 Å². The minimum atomic E-state index is -1.30. The van der Waals surface area contributed by atoms with Crippen molar-refractivity contribution in [3.05, 3.63) is 29.6 Å². The molecule has 2 amide bonds. The van der Waals surface area contributed by atoms with E-state index in [1.165, 1.54) is 12.1 Å². The molecule has 0 aliphatic carbocycles. The van der Waals surface area contributed by atoms with Gasteiger partial charge in [-0.1, -0.05) is 6.07 Å². The summed E-state index contributed by atoms with van der Waals surface area (Å²) in [5.41, 5.74) is -0.624. The highest BCUT2D eigenvalue weighted by atomic mass is 19.1. The predicted molar refractivity (Wildman–Crippen MR) is 73.9 cm³/mol. The monoisotopic (exact) mass is 296 g/mol. The molecular weight excluding hydrogens is 279 g/mol. The topological polar surface area (TPSA) is 87.7 Å². The number of hydrogen-bond acceptors (Lipinski definition) is 3. The number of carboxylic acids is 1. The van der Waals surface area contributed by atoms with Gasteiger partial charge in [0.15, 0.2) is 0 Å². The van der Waals surface area contributed by atoms with Crippen molar-refractivity contribution in [2.24, 2.45) is 5.92 Å². The molecule has 0 bridgehead atoms. The summed E-state index contributed by atoms with van der Waals surface area (Å²) in [6.07, 6.45) is 0.912. The van der Waals surface area contributed by atoms with E-state index < -0.39 is 17.8 Å². The van der Waals surface area contributed by atoms with Crippen LogP contribution in [0.4, 0.5) is 14.9 Å². The zero-order chi connectivity index (χ0) is 15.4. The average Bonchev–Trinajstić information content (AvgIpc) is 2.84. The van der Waals surface area contributed by atoms with Gasteiger partial charge in [0.1, 0.15) is 5.82 Å². The van der Waals surface area contributed by atoms with Crippen LogP contribution in [0, 0.1) is 11.7 Å². The molecule has 1 fully saturated rings. The van der Waals surface area contributed by atoms with Gasteiger partial charge in [0.25, 0.3) is 0 Å². The summed E-state index contributed by atoms with van der Waals surface area (Å²) >= 11 is 0. The van der Waals surface area contributed by atoms with Gasteiger partial charge < -0.3 is 20.5 Å². The molecule has 21 heavy (non-hydrogen) atoms. The number of benzene rings is 1. The van der Waals surface area contributed by atoms with E-state index in [0.29, 0.717) is 13.2 Å². The van der Waals surface area contributed by atoms with Crippen LogP contribution < -0.4 is 10.6 Å². The van der Waals surface area contributed by atoms with Gasteiger partial charge in [0.05, 0.1) is 17.4 Å². The Kier molecular flexibility index (Phi) is 4.74. The molecule has 1 aromatic carbocycles. The molecule has 3 N–H and O–H groups in total. The third-order valence-electron chi connectivity index (χ3n) is 3.54. The number of nitrogens with one attached hydrogen (secondary N) is 2. The lowest BCUT2D eigenvalue weighted by molar-refractivity contribution is 0.0697. The minimum Gasteiger partial charge on any atom is -0.478 e. The highest BCUT2D eigenvalue weighted by Crippen LogP contribution is 2.21. The van der Waals surface area contributed by atoms with E-state index in [0.717, 1.165) is 12.5 Å². The number of carbonyl (C=O) groups is 2. The van der Waals surface area contributed by atoms with Gasteiger partial charge in [0, 0.05) is 19.1 Å². The van der Waals surface area contributed by atoms with E-state index in [9.17, 15) is 14.0 Å². The van der Waals surface area contributed by atoms with Crippen molar-refractivity contribution in [3.8, 4) is 0 Å². The zero-order valence-corrected chi connectivity index (χ0v) is 11.6. The number of aromatic carboxylic acids is 1. The van der Waals surface area contributed by atoms with Gasteiger partial charge in [-0.15, -0.1) is 0 Å². The van der Waals surface area contributed by atoms with Gasteiger partial charge in [0.2, 0.25) is 0 Å². The molecule has 2 rings (SSSR count). The first-order chi connectivity index (χ1) is 9.99. The van der Waals surface area contributed by atoms with E-state index in [-0.39, 0.29) is 23.3 Å². The van der Waals surface area contributed by atoms with Crippen molar-refractivity contribution in [2.75, 3.05) is 18.5 Å². The molecule has 1 aliphatic heterocycles. The summed E-state index contributed by atoms with van der Waals surface area (Å²) in [6.45, 7) is 2.98. The van der Waals surface area contributed by atoms with Crippen LogP contribution in [0.3, 0.4) is 0 Å². The van der Waals surface area contributed by atoms with Crippen LogP contribution in [0.15, 0.2) is 18.2 Å². The Morgan fingerprint density at radius 2 is 2.24 bits per heavy atom. The van der Waals surface area contributed by atoms with Crippen molar-refractivity contribution >= 4 is 17.7 Å². The zero-order valence-electron chi connectivity index (χ0n) is 11.6. The van der Waals surface area contributed by atoms with Gasteiger partial charge in [-0.05, 0) is 25.5 Å². The number of ether oxygens (including phenoxy) is 1. The maximum atomic E-state index is 13.6. The van der Waals surface area contributed by atoms with Crippen LogP contribution in [0.5, 0.6) is 0 Å². The number of halogens is 1. The second-order valence-electron chi connectivity index (χ2n) is 4.93. The largest absolute Gasteiger partial charge is 0.478 e. The molecule has 0 spiro atoms. The summed E-state index contributed by atoms with van der Waals surface area (Å²) < 4.78 is 19.0. The number of amides is 2. The number of urea groups is 1. The van der Waals surface area contributed by atoms with Crippen molar-refractivity contribution in [1.29, 1.82) is 0 Å². The molecule has 0 radical (unpaired) electrons. The van der Waals surface area contributed by atoms with E-state index in [4.69, 9.17) is 9.84 Å². The van der Waals surface area contributed by atoms with Crippen LogP contribution in [0.25, 0.3) is 0 Å². The normalized spacial score (nSPS) is 21.0. The number of hydrogen-bond donors (Lipinski definition) is 3. The first kappa shape index (κ1) is 15.2. The molecule has 1 aliphatic rings. The van der Waals surface area contributed by atoms with E-state index >= 15 is 0 Å². The minimum absolute atomic E-state index is 0.0633. The SMILES string of the molecule is CC1OCCC1CNC(=O)Nc1c(F)cccc1C(=O)O. The van der Waals surface area contributed by atoms with Crippen molar-refractivity contribution < 1.29 is 23.8 Å². The van der Waals surface area contributed by atoms with Crippen LogP contribution >= 0.6 is 0 Å². The number of carboxylic acid groups (broad SMARTS) is 1. The van der Waals surface area contributed by atoms with E-state index in [1.54, 1.807) is 0 Å². The van der Waals surface area contributed by atoms with E-state index in [2.05, 4.69) is 10.6 Å². The summed E-state index contributed by atoms with van der Waals surface area (Å²) in [5, 5.41) is 13.8. The first-order valence-electron chi connectivity index (χ1n) is 6.67. The van der Waals surface area contributed by atoms with Gasteiger partial charge in [-0.25, -0.2) is 14.0 Å². The highest BCUT2D eigenvalue weighted by molar-refractivity contribution is 6.00. The molecule has 6 nitrogen and oxygen atoms in total. The summed E-state index contributed by atoms with van der Waals surface area (Å²) in [6, 6.07) is 2.96. The second kappa shape index (κ2) is 6.53. The summed E-state index contributed by atoms with van der Waals surface area (Å²) in [5.74, 6) is -1.89. The Balaban J connectivity index is 1.98. The third-order valence-corrected chi connectivity index (χ3v) is 3.54. The van der Waals surface area contributed by atoms with Crippen molar-refractivity contribution in [2.45, 2.75) is 19.4 Å². The number of carbonyl (C=O) groups excluding carboxylic acids is 1. The van der Waals surface area contributed by atoms with Crippen molar-refractivity contribution in [1.82, 2.24) is 5.32 Å². The molecule has 1 heterocycles. The first-order valence-corrected chi connectivity index (χ1v) is 6.67. The van der Waals surface area contributed by atoms with Gasteiger partial charge >= 0.3 is 12.0 Å². The van der Waals surface area contributed by atoms with Crippen LogP contribution in [-0.2, 0) is 4.74 Å². The lowest BCUT2D eigenvalue weighted by atomic mass is 10.0. The molecule has 1 aromatic rings. The molecule has 114 valence electrons. The van der Waals surface area contributed by atoms with Crippen molar-refractivity contribution in [3.63, 3.8) is 0 Å². The Morgan fingerprint density at radius 1 is 1.48 bits per heavy atom. The molecule has 1 saturated heterocycles. The Bertz CT molecular complexity index is 550. The molecular formula is C14H17FN2O4. The number of anilines is 1. The molecule has 0 aromatic heterocycles. The van der Waals surface area contributed by atoms with Gasteiger partial charge in [-0.2, -0.15) is 0 Å². The molecule has 2 unspecified atom stereocenters. The predicted octanol–water partition coefficient (Wildman–Crippen LogP) is 2.07. The fourth-order valence-corrected chi connectivity index (χ4v) is 2.26. The maximum absolute atomic E-state index is 13.6. The standard InChI is InChI=1S/C14H17FN2O4/c1-8-9(5-6-21-8)7-16-14(20)17-12-10(13(18)19)3-2-4-11(12)15/h2-4,8-9H,5-7H2,1H3,(H,18,19)(H2,16,17,20). The summed E-state index contributed by atoms with van der Waals surface area (Å²) in [4.78, 5) is 22.8. The maximum Gasteiger partial charge on any atom is 0.337 e. The molecule has 7 heteroatoms. The molecule has 0 saturated carbocycles. The highest BCUT2D eigenvalue weighted by Gasteiger charge is 2.24. The quantitative estimate of drug-likeness (QED) is 0.793. The second-order valence-corrected chi connectivity index (χ2v) is 4.93. The average molecular weight is 296 g/mol.